The third-order valence-corrected chi connectivity index (χ3v) is 10.3. The summed E-state index contributed by atoms with van der Waals surface area (Å²) in [7, 11) is 0. The van der Waals surface area contributed by atoms with Gasteiger partial charge in [0.2, 0.25) is 0 Å². The number of hydrogen-bond donors (Lipinski definition) is 0. The molecule has 0 amide bonds. The Morgan fingerprint density at radius 3 is 2.27 bits per heavy atom. The van der Waals surface area contributed by atoms with Crippen LogP contribution in [0, 0.1) is 17.8 Å². The molecule has 0 saturated carbocycles. The van der Waals surface area contributed by atoms with Gasteiger partial charge < -0.3 is 0 Å². The topological polar surface area (TPSA) is 12.4 Å². The molecular formula is C48H45N. The summed E-state index contributed by atoms with van der Waals surface area (Å²) < 4.78 is 0. The van der Waals surface area contributed by atoms with E-state index >= 15 is 0 Å². The first kappa shape index (κ1) is 32.3. The number of rotatable bonds is 11. The summed E-state index contributed by atoms with van der Waals surface area (Å²) in [6, 6.07) is 42.2. The highest BCUT2D eigenvalue weighted by molar-refractivity contribution is 6.13. The average molecular weight is 636 g/mol. The van der Waals surface area contributed by atoms with Crippen LogP contribution in [0.1, 0.15) is 39.7 Å². The minimum absolute atomic E-state index is 0.353. The van der Waals surface area contributed by atoms with E-state index < -0.39 is 0 Å². The Bertz CT molecular complexity index is 2170. The molecule has 1 aliphatic heterocycles. The second kappa shape index (κ2) is 14.5. The van der Waals surface area contributed by atoms with Crippen LogP contribution >= 0.6 is 0 Å². The molecule has 1 heteroatoms. The normalized spacial score (nSPS) is 17.3. The Kier molecular flexibility index (Phi) is 9.53. The molecule has 1 nitrogen and oxygen atoms in total. The molecule has 2 aliphatic rings. The molecule has 7 rings (SSSR count). The number of nitrogens with zero attached hydrogens (tertiary/aromatic N) is 1. The third-order valence-electron chi connectivity index (χ3n) is 10.3. The fourth-order valence-electron chi connectivity index (χ4n) is 7.49. The Balaban J connectivity index is 1.35. The molecule has 0 saturated heterocycles. The van der Waals surface area contributed by atoms with Crippen LogP contribution in [0.25, 0.3) is 49.7 Å². The second-order valence-corrected chi connectivity index (χ2v) is 13.3. The summed E-state index contributed by atoms with van der Waals surface area (Å²) in [6.45, 7) is 9.89. The van der Waals surface area contributed by atoms with Gasteiger partial charge in [0.15, 0.2) is 0 Å². The van der Waals surface area contributed by atoms with Crippen molar-refractivity contribution in [3.05, 3.63) is 175 Å². The van der Waals surface area contributed by atoms with Gasteiger partial charge in [-0.1, -0.05) is 159 Å². The lowest BCUT2D eigenvalue weighted by atomic mass is 9.79. The molecule has 1 heterocycles. The quantitative estimate of drug-likeness (QED) is 0.128. The summed E-state index contributed by atoms with van der Waals surface area (Å²) in [5.41, 5.74) is 14.1. The van der Waals surface area contributed by atoms with Crippen molar-refractivity contribution in [3.63, 3.8) is 0 Å². The first-order valence-electron chi connectivity index (χ1n) is 17.8. The smallest absolute Gasteiger partial charge is 0.0610 e. The van der Waals surface area contributed by atoms with Crippen LogP contribution in [0.2, 0.25) is 0 Å². The van der Waals surface area contributed by atoms with Crippen LogP contribution in [0.4, 0.5) is 0 Å². The SMILES string of the molecule is C/C=C\C=C(/CC)C(C)C(/C=C(\C)c1ccc(-c2ccccc2-c2ccccc2)c(-c2ccc3ccccc3c2)c1)C1C=C1C1=NCC=C1. The monoisotopic (exact) mass is 635 g/mol. The summed E-state index contributed by atoms with van der Waals surface area (Å²) in [5.74, 6) is 1.16. The van der Waals surface area contributed by atoms with E-state index in [0.29, 0.717) is 17.8 Å². The van der Waals surface area contributed by atoms with Crippen molar-refractivity contribution in [1.29, 1.82) is 0 Å². The van der Waals surface area contributed by atoms with Crippen molar-refractivity contribution in [3.8, 4) is 33.4 Å². The zero-order valence-corrected chi connectivity index (χ0v) is 29.1. The van der Waals surface area contributed by atoms with Crippen molar-refractivity contribution >= 4 is 22.1 Å². The molecule has 0 bridgehead atoms. The summed E-state index contributed by atoms with van der Waals surface area (Å²) >= 11 is 0. The first-order chi connectivity index (χ1) is 24.1. The lowest BCUT2D eigenvalue weighted by Gasteiger charge is -2.25. The van der Waals surface area contributed by atoms with E-state index in [1.807, 2.05) is 0 Å². The highest BCUT2D eigenvalue weighted by atomic mass is 14.8. The minimum Gasteiger partial charge on any atom is -0.281 e. The van der Waals surface area contributed by atoms with Gasteiger partial charge in [0.1, 0.15) is 0 Å². The summed E-state index contributed by atoms with van der Waals surface area (Å²) in [4.78, 5) is 4.77. The van der Waals surface area contributed by atoms with Gasteiger partial charge in [0.05, 0.1) is 12.3 Å². The van der Waals surface area contributed by atoms with Crippen molar-refractivity contribution in [2.45, 2.75) is 34.1 Å². The van der Waals surface area contributed by atoms with Crippen LogP contribution < -0.4 is 0 Å². The van der Waals surface area contributed by atoms with E-state index in [9.17, 15) is 0 Å². The predicted molar refractivity (Wildman–Crippen MR) is 213 cm³/mol. The minimum atomic E-state index is 0.353. The number of allylic oxidation sites excluding steroid dienone is 9. The van der Waals surface area contributed by atoms with Gasteiger partial charge in [-0.25, -0.2) is 0 Å². The molecule has 3 unspecified atom stereocenters. The van der Waals surface area contributed by atoms with Gasteiger partial charge in [-0.3, -0.25) is 4.99 Å². The third kappa shape index (κ3) is 6.85. The number of fused-ring (bicyclic) bond motifs is 1. The highest BCUT2D eigenvalue weighted by Gasteiger charge is 2.38. The van der Waals surface area contributed by atoms with E-state index in [0.717, 1.165) is 13.0 Å². The zero-order chi connectivity index (χ0) is 33.7. The standard InChI is InChI=1S/C48H45N/c1-5-7-16-35(6-2)34(4)44(46-32-47(46)48-23-15-28-49-48)29-33(3)38-26-27-43(42-22-14-13-21-41(42)37-18-9-8-10-19-37)45(31-38)40-25-24-36-17-11-12-20-39(36)30-40/h5,7-27,29-32,34,44,46H,6,28H2,1-4H3/b7-5-,33-29+,35-16+. The second-order valence-electron chi connectivity index (χ2n) is 13.3. The largest absolute Gasteiger partial charge is 0.281 e. The molecule has 0 spiro atoms. The van der Waals surface area contributed by atoms with E-state index in [1.165, 1.54) is 72.1 Å². The highest BCUT2D eigenvalue weighted by Crippen LogP contribution is 2.46. The van der Waals surface area contributed by atoms with Crippen molar-refractivity contribution in [1.82, 2.24) is 0 Å². The van der Waals surface area contributed by atoms with Crippen molar-refractivity contribution < 1.29 is 0 Å². The molecule has 49 heavy (non-hydrogen) atoms. The zero-order valence-electron chi connectivity index (χ0n) is 29.1. The van der Waals surface area contributed by atoms with Gasteiger partial charge in [-0.2, -0.15) is 0 Å². The van der Waals surface area contributed by atoms with E-state index in [2.05, 4.69) is 185 Å². The Morgan fingerprint density at radius 2 is 1.51 bits per heavy atom. The molecule has 1 aliphatic carbocycles. The Morgan fingerprint density at radius 1 is 0.776 bits per heavy atom. The maximum absolute atomic E-state index is 4.77. The molecule has 0 aromatic heterocycles. The van der Waals surface area contributed by atoms with Gasteiger partial charge in [-0.05, 0) is 111 Å². The maximum atomic E-state index is 4.77. The molecule has 242 valence electrons. The van der Waals surface area contributed by atoms with Gasteiger partial charge >= 0.3 is 0 Å². The molecule has 5 aromatic rings. The van der Waals surface area contributed by atoms with Crippen LogP contribution in [-0.4, -0.2) is 12.3 Å². The van der Waals surface area contributed by atoms with Crippen molar-refractivity contribution in [2.75, 3.05) is 6.54 Å². The van der Waals surface area contributed by atoms with Crippen LogP contribution in [-0.2, 0) is 0 Å². The van der Waals surface area contributed by atoms with Gasteiger partial charge in [-0.15, -0.1) is 0 Å². The van der Waals surface area contributed by atoms with Crippen molar-refractivity contribution in [2.24, 2.45) is 22.7 Å². The van der Waals surface area contributed by atoms with Crippen LogP contribution in [0.3, 0.4) is 0 Å². The molecule has 3 atom stereocenters. The van der Waals surface area contributed by atoms with E-state index in [4.69, 9.17) is 4.99 Å². The lowest BCUT2D eigenvalue weighted by molar-refractivity contribution is 0.447. The predicted octanol–water partition coefficient (Wildman–Crippen LogP) is 13.0. The van der Waals surface area contributed by atoms with Crippen LogP contribution in [0.5, 0.6) is 0 Å². The first-order valence-corrected chi connectivity index (χ1v) is 17.8. The Hall–Kier alpha value is -5.27. The van der Waals surface area contributed by atoms with E-state index in [1.54, 1.807) is 0 Å². The van der Waals surface area contributed by atoms with Crippen LogP contribution in [0.15, 0.2) is 174 Å². The van der Waals surface area contributed by atoms with Gasteiger partial charge in [0, 0.05) is 5.92 Å². The number of hydrogen-bond acceptors (Lipinski definition) is 1. The summed E-state index contributed by atoms with van der Waals surface area (Å²) in [6.07, 6.45) is 17.0. The molecule has 0 radical (unpaired) electrons. The maximum Gasteiger partial charge on any atom is 0.0610 e. The molecule has 0 fully saturated rings. The molecular weight excluding hydrogens is 591 g/mol. The fraction of sp³-hybridized carbons (Fsp3) is 0.188. The number of benzene rings is 5. The fourth-order valence-corrected chi connectivity index (χ4v) is 7.49. The average Bonchev–Trinajstić information content (AvgIpc) is 3.75. The lowest BCUT2D eigenvalue weighted by Crippen LogP contribution is -2.17. The summed E-state index contributed by atoms with van der Waals surface area (Å²) in [5, 5.41) is 2.51. The number of aliphatic imine (C=N–C) groups is 1. The van der Waals surface area contributed by atoms with E-state index in [-0.39, 0.29) is 0 Å². The molecule has 0 N–H and O–H groups in total. The molecule has 5 aromatic carbocycles. The van der Waals surface area contributed by atoms with Gasteiger partial charge in [0.25, 0.3) is 0 Å². The Labute approximate surface area is 292 Å².